The summed E-state index contributed by atoms with van der Waals surface area (Å²) >= 11 is 0. The van der Waals surface area contributed by atoms with Crippen molar-refractivity contribution in [1.29, 1.82) is 0 Å². The molecular formula is C13H22N2O3. The zero-order valence-electron chi connectivity index (χ0n) is 11.5. The van der Waals surface area contributed by atoms with Crippen LogP contribution in [0.15, 0.2) is 18.3 Å². The standard InChI is InChI=1S/C13H22N2O3/c1-10(11(2)17-4)15-12-5-6-13(14-9-12)18-8-7-16-3/h5-6,9-11,15H,7-8H2,1-4H3. The van der Waals surface area contributed by atoms with E-state index in [4.69, 9.17) is 14.2 Å². The van der Waals surface area contributed by atoms with E-state index in [0.29, 0.717) is 19.1 Å². The van der Waals surface area contributed by atoms with Crippen LogP contribution in [0.25, 0.3) is 0 Å². The highest BCUT2D eigenvalue weighted by Gasteiger charge is 2.10. The minimum absolute atomic E-state index is 0.141. The minimum Gasteiger partial charge on any atom is -0.475 e. The SMILES string of the molecule is COCCOc1ccc(NC(C)C(C)OC)cn1. The van der Waals surface area contributed by atoms with E-state index >= 15 is 0 Å². The van der Waals surface area contributed by atoms with Gasteiger partial charge in [-0.1, -0.05) is 0 Å². The van der Waals surface area contributed by atoms with Gasteiger partial charge in [-0.15, -0.1) is 0 Å². The number of ether oxygens (including phenoxy) is 3. The molecule has 0 radical (unpaired) electrons. The van der Waals surface area contributed by atoms with Gasteiger partial charge in [0.15, 0.2) is 0 Å². The third kappa shape index (κ3) is 4.89. The maximum absolute atomic E-state index is 5.39. The van der Waals surface area contributed by atoms with Crippen molar-refractivity contribution < 1.29 is 14.2 Å². The fraction of sp³-hybridized carbons (Fsp3) is 0.615. The Labute approximate surface area is 108 Å². The van der Waals surface area contributed by atoms with Gasteiger partial charge in [0.2, 0.25) is 5.88 Å². The van der Waals surface area contributed by atoms with E-state index in [-0.39, 0.29) is 12.1 Å². The molecule has 1 rings (SSSR count). The van der Waals surface area contributed by atoms with Crippen molar-refractivity contribution in [3.8, 4) is 5.88 Å². The molecule has 2 atom stereocenters. The highest BCUT2D eigenvalue weighted by molar-refractivity contribution is 5.43. The third-order valence-electron chi connectivity index (χ3n) is 2.74. The van der Waals surface area contributed by atoms with Crippen LogP contribution in [0.2, 0.25) is 0 Å². The first kappa shape index (κ1) is 14.7. The molecule has 1 aromatic heterocycles. The molecule has 0 aromatic carbocycles. The molecule has 0 amide bonds. The lowest BCUT2D eigenvalue weighted by atomic mass is 10.2. The smallest absolute Gasteiger partial charge is 0.213 e. The summed E-state index contributed by atoms with van der Waals surface area (Å²) < 4.78 is 15.5. The van der Waals surface area contributed by atoms with Crippen molar-refractivity contribution in [2.24, 2.45) is 0 Å². The molecule has 5 nitrogen and oxygen atoms in total. The van der Waals surface area contributed by atoms with E-state index in [9.17, 15) is 0 Å². The molecule has 0 spiro atoms. The fourth-order valence-electron chi connectivity index (χ4n) is 1.36. The average Bonchev–Trinajstić information content (AvgIpc) is 2.40. The van der Waals surface area contributed by atoms with Crippen molar-refractivity contribution in [3.05, 3.63) is 18.3 Å². The fourth-order valence-corrected chi connectivity index (χ4v) is 1.36. The number of anilines is 1. The summed E-state index contributed by atoms with van der Waals surface area (Å²) in [6, 6.07) is 3.99. The second kappa shape index (κ2) is 7.89. The van der Waals surface area contributed by atoms with Crippen LogP contribution in [-0.4, -0.2) is 44.6 Å². The minimum atomic E-state index is 0.141. The van der Waals surface area contributed by atoms with Crippen LogP contribution in [0.1, 0.15) is 13.8 Å². The van der Waals surface area contributed by atoms with Crippen LogP contribution < -0.4 is 10.1 Å². The molecule has 0 aliphatic heterocycles. The van der Waals surface area contributed by atoms with Crippen molar-refractivity contribution in [2.75, 3.05) is 32.8 Å². The summed E-state index contributed by atoms with van der Waals surface area (Å²) in [4.78, 5) is 4.21. The lowest BCUT2D eigenvalue weighted by Crippen LogP contribution is -2.29. The van der Waals surface area contributed by atoms with Crippen molar-refractivity contribution in [2.45, 2.75) is 26.0 Å². The van der Waals surface area contributed by atoms with Gasteiger partial charge in [-0.05, 0) is 19.9 Å². The molecule has 0 saturated heterocycles. The van der Waals surface area contributed by atoms with Crippen LogP contribution in [0.4, 0.5) is 5.69 Å². The van der Waals surface area contributed by atoms with Gasteiger partial charge in [-0.25, -0.2) is 4.98 Å². The normalized spacial score (nSPS) is 14.0. The Balaban J connectivity index is 2.44. The number of hydrogen-bond acceptors (Lipinski definition) is 5. The first-order valence-corrected chi connectivity index (χ1v) is 6.04. The summed E-state index contributed by atoms with van der Waals surface area (Å²) in [5.41, 5.74) is 0.950. The largest absolute Gasteiger partial charge is 0.475 e. The topological polar surface area (TPSA) is 52.6 Å². The van der Waals surface area contributed by atoms with Gasteiger partial charge in [-0.2, -0.15) is 0 Å². The summed E-state index contributed by atoms with van der Waals surface area (Å²) in [5.74, 6) is 0.602. The number of nitrogens with one attached hydrogen (secondary N) is 1. The second-order valence-electron chi connectivity index (χ2n) is 4.10. The van der Waals surface area contributed by atoms with Crippen molar-refractivity contribution in [1.82, 2.24) is 4.98 Å². The molecular weight excluding hydrogens is 232 g/mol. The number of rotatable bonds is 8. The van der Waals surface area contributed by atoms with Crippen LogP contribution in [0, 0.1) is 0 Å². The van der Waals surface area contributed by atoms with E-state index in [1.54, 1.807) is 20.4 Å². The number of hydrogen-bond donors (Lipinski definition) is 1. The maximum Gasteiger partial charge on any atom is 0.213 e. The van der Waals surface area contributed by atoms with Crippen LogP contribution in [0.3, 0.4) is 0 Å². The zero-order valence-corrected chi connectivity index (χ0v) is 11.5. The molecule has 1 aromatic rings. The Morgan fingerprint density at radius 2 is 2.00 bits per heavy atom. The van der Waals surface area contributed by atoms with Crippen LogP contribution in [0.5, 0.6) is 5.88 Å². The molecule has 18 heavy (non-hydrogen) atoms. The maximum atomic E-state index is 5.39. The number of pyridine rings is 1. The third-order valence-corrected chi connectivity index (χ3v) is 2.74. The van der Waals surface area contributed by atoms with Gasteiger partial charge in [0.1, 0.15) is 6.61 Å². The highest BCUT2D eigenvalue weighted by Crippen LogP contribution is 2.13. The lowest BCUT2D eigenvalue weighted by molar-refractivity contribution is 0.106. The molecule has 5 heteroatoms. The average molecular weight is 254 g/mol. The van der Waals surface area contributed by atoms with Crippen LogP contribution in [-0.2, 0) is 9.47 Å². The van der Waals surface area contributed by atoms with E-state index in [0.717, 1.165) is 5.69 Å². The molecule has 1 N–H and O–H groups in total. The number of aromatic nitrogens is 1. The van der Waals surface area contributed by atoms with Crippen LogP contribution >= 0.6 is 0 Å². The van der Waals surface area contributed by atoms with E-state index < -0.39 is 0 Å². The Bertz CT molecular complexity index is 330. The highest BCUT2D eigenvalue weighted by atomic mass is 16.5. The molecule has 1 heterocycles. The summed E-state index contributed by atoms with van der Waals surface area (Å²) in [6.45, 7) is 5.15. The first-order valence-electron chi connectivity index (χ1n) is 6.04. The molecule has 0 fully saturated rings. The van der Waals surface area contributed by atoms with Gasteiger partial charge < -0.3 is 19.5 Å². The molecule has 0 saturated carbocycles. The summed E-state index contributed by atoms with van der Waals surface area (Å²) in [7, 11) is 3.34. The van der Waals surface area contributed by atoms with E-state index in [1.807, 2.05) is 19.1 Å². The Kier molecular flexibility index (Phi) is 6.46. The molecule has 0 aliphatic carbocycles. The van der Waals surface area contributed by atoms with Crippen molar-refractivity contribution >= 4 is 5.69 Å². The van der Waals surface area contributed by atoms with Gasteiger partial charge in [0.05, 0.1) is 24.6 Å². The quantitative estimate of drug-likeness (QED) is 0.718. The summed E-state index contributed by atoms with van der Waals surface area (Å²) in [6.07, 6.45) is 1.89. The van der Waals surface area contributed by atoms with Gasteiger partial charge in [-0.3, -0.25) is 0 Å². The predicted octanol–water partition coefficient (Wildman–Crippen LogP) is 1.94. The van der Waals surface area contributed by atoms with Crippen molar-refractivity contribution in [3.63, 3.8) is 0 Å². The molecule has 0 bridgehead atoms. The summed E-state index contributed by atoms with van der Waals surface area (Å²) in [5, 5.41) is 3.32. The first-order chi connectivity index (χ1) is 8.67. The molecule has 102 valence electrons. The van der Waals surface area contributed by atoms with Gasteiger partial charge in [0.25, 0.3) is 0 Å². The molecule has 2 unspecified atom stereocenters. The van der Waals surface area contributed by atoms with Gasteiger partial charge >= 0.3 is 0 Å². The lowest BCUT2D eigenvalue weighted by Gasteiger charge is -2.20. The van der Waals surface area contributed by atoms with E-state index in [1.165, 1.54) is 0 Å². The predicted molar refractivity (Wildman–Crippen MR) is 71.2 cm³/mol. The zero-order chi connectivity index (χ0) is 13.4. The monoisotopic (exact) mass is 254 g/mol. The molecule has 0 aliphatic rings. The Morgan fingerprint density at radius 3 is 2.56 bits per heavy atom. The Morgan fingerprint density at radius 1 is 1.22 bits per heavy atom. The van der Waals surface area contributed by atoms with E-state index in [2.05, 4.69) is 17.2 Å². The number of nitrogens with zero attached hydrogens (tertiary/aromatic N) is 1. The Hall–Kier alpha value is -1.33. The number of methoxy groups -OCH3 is 2. The van der Waals surface area contributed by atoms with Gasteiger partial charge in [0, 0.05) is 26.3 Å². The second-order valence-corrected chi connectivity index (χ2v) is 4.10.